The van der Waals surface area contributed by atoms with Crippen LogP contribution in [0.4, 0.5) is 0 Å². The molecule has 5 aromatic rings. The third-order valence-corrected chi connectivity index (χ3v) is 6.13. The summed E-state index contributed by atoms with van der Waals surface area (Å²) in [6.07, 6.45) is 0. The third kappa shape index (κ3) is 2.52. The van der Waals surface area contributed by atoms with Crippen molar-refractivity contribution in [3.63, 3.8) is 0 Å². The second kappa shape index (κ2) is 6.28. The molecule has 1 aromatic heterocycles. The molecular formula is C24H15ClS. The van der Waals surface area contributed by atoms with Gasteiger partial charge in [-0.3, -0.25) is 0 Å². The molecular weight excluding hydrogens is 356 g/mol. The second-order valence-electron chi connectivity index (χ2n) is 6.33. The fourth-order valence-electron chi connectivity index (χ4n) is 3.61. The number of rotatable bonds is 2. The molecule has 0 saturated heterocycles. The zero-order valence-corrected chi connectivity index (χ0v) is 15.5. The van der Waals surface area contributed by atoms with E-state index in [2.05, 4.69) is 78.9 Å². The average molecular weight is 371 g/mol. The molecule has 0 spiro atoms. The molecule has 2 heteroatoms. The molecule has 0 radical (unpaired) electrons. The first-order chi connectivity index (χ1) is 12.8. The van der Waals surface area contributed by atoms with Gasteiger partial charge in [0.15, 0.2) is 0 Å². The summed E-state index contributed by atoms with van der Waals surface area (Å²) in [5.74, 6) is 0. The van der Waals surface area contributed by atoms with Gasteiger partial charge >= 0.3 is 0 Å². The van der Waals surface area contributed by atoms with Crippen LogP contribution in [0.3, 0.4) is 0 Å². The van der Waals surface area contributed by atoms with Crippen molar-refractivity contribution >= 4 is 43.1 Å². The minimum absolute atomic E-state index is 0.760. The molecule has 0 N–H and O–H groups in total. The van der Waals surface area contributed by atoms with E-state index in [0.717, 1.165) is 5.02 Å². The van der Waals surface area contributed by atoms with Crippen LogP contribution >= 0.6 is 22.9 Å². The van der Waals surface area contributed by atoms with E-state index in [9.17, 15) is 0 Å². The number of hydrogen-bond acceptors (Lipinski definition) is 1. The molecule has 1 heterocycles. The topological polar surface area (TPSA) is 0 Å². The van der Waals surface area contributed by atoms with Crippen LogP contribution < -0.4 is 0 Å². The molecule has 0 unspecified atom stereocenters. The van der Waals surface area contributed by atoms with E-state index in [0.29, 0.717) is 0 Å². The van der Waals surface area contributed by atoms with Crippen molar-refractivity contribution in [1.82, 2.24) is 0 Å². The van der Waals surface area contributed by atoms with E-state index >= 15 is 0 Å². The van der Waals surface area contributed by atoms with Gasteiger partial charge < -0.3 is 0 Å². The van der Waals surface area contributed by atoms with E-state index < -0.39 is 0 Å². The van der Waals surface area contributed by atoms with E-state index in [-0.39, 0.29) is 0 Å². The largest absolute Gasteiger partial charge is 0.135 e. The molecule has 5 rings (SSSR count). The van der Waals surface area contributed by atoms with Crippen molar-refractivity contribution in [3.8, 4) is 22.3 Å². The lowest BCUT2D eigenvalue weighted by molar-refractivity contribution is 1.60. The van der Waals surface area contributed by atoms with Crippen molar-refractivity contribution in [3.05, 3.63) is 96.0 Å². The van der Waals surface area contributed by atoms with Gasteiger partial charge in [-0.15, -0.1) is 11.3 Å². The van der Waals surface area contributed by atoms with E-state index in [4.69, 9.17) is 11.6 Å². The molecule has 0 fully saturated rings. The fourth-order valence-corrected chi connectivity index (χ4v) is 4.91. The molecule has 0 bridgehead atoms. The Morgan fingerprint density at radius 3 is 2.23 bits per heavy atom. The SMILES string of the molecule is Clc1ccc(-c2ccccc2)c(-c2cccc3sc4ccccc4c23)c1. The lowest BCUT2D eigenvalue weighted by Gasteiger charge is -2.12. The van der Waals surface area contributed by atoms with Gasteiger partial charge in [-0.05, 0) is 46.5 Å². The maximum absolute atomic E-state index is 6.40. The van der Waals surface area contributed by atoms with Crippen LogP contribution in [0.1, 0.15) is 0 Å². The Morgan fingerprint density at radius 2 is 1.35 bits per heavy atom. The number of thiophene rings is 1. The molecule has 0 aliphatic heterocycles. The first-order valence-electron chi connectivity index (χ1n) is 8.57. The highest BCUT2D eigenvalue weighted by Gasteiger charge is 2.14. The standard InChI is InChI=1S/C24H15ClS/c25-17-13-14-18(16-7-2-1-3-8-16)21(15-17)19-10-6-12-23-24(19)20-9-4-5-11-22(20)26-23/h1-15H. The number of benzene rings is 4. The Balaban J connectivity index is 1.88. The van der Waals surface area contributed by atoms with Gasteiger partial charge in [0.1, 0.15) is 0 Å². The summed E-state index contributed by atoms with van der Waals surface area (Å²) in [6.45, 7) is 0. The third-order valence-electron chi connectivity index (χ3n) is 4.76. The van der Waals surface area contributed by atoms with Crippen LogP contribution in [0.15, 0.2) is 91.0 Å². The van der Waals surface area contributed by atoms with Crippen LogP contribution in [-0.2, 0) is 0 Å². The summed E-state index contributed by atoms with van der Waals surface area (Å²) in [4.78, 5) is 0. The van der Waals surface area contributed by atoms with Gasteiger partial charge in [0.2, 0.25) is 0 Å². The van der Waals surface area contributed by atoms with E-state index in [1.165, 1.54) is 42.4 Å². The highest BCUT2D eigenvalue weighted by molar-refractivity contribution is 7.25. The normalized spacial score (nSPS) is 11.3. The van der Waals surface area contributed by atoms with Crippen LogP contribution in [0.25, 0.3) is 42.4 Å². The molecule has 0 atom stereocenters. The first kappa shape index (κ1) is 15.6. The highest BCUT2D eigenvalue weighted by atomic mass is 35.5. The zero-order chi connectivity index (χ0) is 17.5. The minimum atomic E-state index is 0.760. The van der Waals surface area contributed by atoms with Crippen LogP contribution in [0.5, 0.6) is 0 Å². The predicted molar refractivity (Wildman–Crippen MR) is 115 cm³/mol. The smallest absolute Gasteiger partial charge is 0.0412 e. The Labute approximate surface area is 161 Å². The van der Waals surface area contributed by atoms with E-state index in [1.54, 1.807) is 0 Å². The van der Waals surface area contributed by atoms with Gasteiger partial charge in [0, 0.05) is 25.2 Å². The van der Waals surface area contributed by atoms with Crippen molar-refractivity contribution < 1.29 is 0 Å². The average Bonchev–Trinajstić information content (AvgIpc) is 3.07. The van der Waals surface area contributed by atoms with Gasteiger partial charge in [0.05, 0.1) is 0 Å². The van der Waals surface area contributed by atoms with E-state index in [1.807, 2.05) is 23.5 Å². The molecule has 26 heavy (non-hydrogen) atoms. The fraction of sp³-hybridized carbons (Fsp3) is 0. The van der Waals surface area contributed by atoms with Crippen molar-refractivity contribution in [2.75, 3.05) is 0 Å². The van der Waals surface area contributed by atoms with Crippen LogP contribution in [0.2, 0.25) is 5.02 Å². The van der Waals surface area contributed by atoms with Crippen molar-refractivity contribution in [1.29, 1.82) is 0 Å². The summed E-state index contributed by atoms with van der Waals surface area (Å²) in [5, 5.41) is 3.38. The van der Waals surface area contributed by atoms with Crippen molar-refractivity contribution in [2.45, 2.75) is 0 Å². The summed E-state index contributed by atoms with van der Waals surface area (Å²) in [5.41, 5.74) is 4.83. The van der Waals surface area contributed by atoms with Crippen molar-refractivity contribution in [2.24, 2.45) is 0 Å². The van der Waals surface area contributed by atoms with Gasteiger partial charge in [-0.2, -0.15) is 0 Å². The lowest BCUT2D eigenvalue weighted by atomic mass is 9.92. The quantitative estimate of drug-likeness (QED) is 0.295. The highest BCUT2D eigenvalue weighted by Crippen LogP contribution is 2.43. The van der Waals surface area contributed by atoms with Gasteiger partial charge in [-0.1, -0.05) is 78.3 Å². The van der Waals surface area contributed by atoms with Crippen LogP contribution in [0, 0.1) is 0 Å². The van der Waals surface area contributed by atoms with Gasteiger partial charge in [0.25, 0.3) is 0 Å². The summed E-state index contributed by atoms with van der Waals surface area (Å²) in [7, 11) is 0. The van der Waals surface area contributed by atoms with Crippen LogP contribution in [-0.4, -0.2) is 0 Å². The Kier molecular flexibility index (Phi) is 3.77. The molecule has 0 aliphatic rings. The summed E-state index contributed by atoms with van der Waals surface area (Å²) >= 11 is 8.24. The number of halogens is 1. The Bertz CT molecular complexity index is 1240. The predicted octanol–water partition coefficient (Wildman–Crippen LogP) is 8.04. The molecule has 4 aromatic carbocycles. The molecule has 124 valence electrons. The lowest BCUT2D eigenvalue weighted by Crippen LogP contribution is -1.86. The summed E-state index contributed by atoms with van der Waals surface area (Å²) < 4.78 is 2.63. The number of hydrogen-bond donors (Lipinski definition) is 0. The molecule has 0 amide bonds. The van der Waals surface area contributed by atoms with Gasteiger partial charge in [-0.25, -0.2) is 0 Å². The monoisotopic (exact) mass is 370 g/mol. The molecule has 0 aliphatic carbocycles. The maximum Gasteiger partial charge on any atom is 0.0412 e. The minimum Gasteiger partial charge on any atom is -0.135 e. The molecule has 0 nitrogen and oxygen atoms in total. The Hall–Kier alpha value is -2.61. The second-order valence-corrected chi connectivity index (χ2v) is 7.85. The maximum atomic E-state index is 6.40. The zero-order valence-electron chi connectivity index (χ0n) is 13.9. The Morgan fingerprint density at radius 1 is 0.577 bits per heavy atom. The summed E-state index contributed by atoms with van der Waals surface area (Å²) in [6, 6.07) is 31.9. The first-order valence-corrected chi connectivity index (χ1v) is 9.76. The number of fused-ring (bicyclic) bond motifs is 3. The molecule has 0 saturated carbocycles.